The Hall–Kier alpha value is -2.85. The van der Waals surface area contributed by atoms with Crippen molar-refractivity contribution >= 4 is 39.5 Å². The van der Waals surface area contributed by atoms with E-state index in [1.165, 1.54) is 11.3 Å². The number of rotatable bonds is 5. The van der Waals surface area contributed by atoms with Crippen molar-refractivity contribution in [3.05, 3.63) is 35.1 Å². The summed E-state index contributed by atoms with van der Waals surface area (Å²) < 4.78 is 6.82. The minimum absolute atomic E-state index is 0.0572. The van der Waals surface area contributed by atoms with Gasteiger partial charge in [-0.25, -0.2) is 0 Å². The molecule has 10 heteroatoms. The maximum absolute atomic E-state index is 12.2. The topological polar surface area (TPSA) is 102 Å². The number of anilines is 2. The molecule has 0 radical (unpaired) electrons. The molecular weight excluding hydrogens is 368 g/mol. The van der Waals surface area contributed by atoms with Gasteiger partial charge in [-0.1, -0.05) is 11.3 Å². The van der Waals surface area contributed by atoms with Crippen molar-refractivity contribution in [1.29, 1.82) is 0 Å². The lowest BCUT2D eigenvalue weighted by atomic mass is 10.2. The summed E-state index contributed by atoms with van der Waals surface area (Å²) in [6, 6.07) is 7.24. The van der Waals surface area contributed by atoms with Gasteiger partial charge in [-0.3, -0.25) is 9.59 Å². The molecule has 2 aromatic heterocycles. The first-order valence-electron chi connectivity index (χ1n) is 8.56. The van der Waals surface area contributed by atoms with Crippen molar-refractivity contribution in [1.82, 2.24) is 19.8 Å². The predicted molar refractivity (Wildman–Crippen MR) is 100.0 cm³/mol. The van der Waals surface area contributed by atoms with E-state index in [1.807, 2.05) is 19.1 Å². The molecule has 3 aromatic rings. The van der Waals surface area contributed by atoms with Gasteiger partial charge in [-0.15, -0.1) is 10.2 Å². The average molecular weight is 386 g/mol. The summed E-state index contributed by atoms with van der Waals surface area (Å²) in [7, 11) is 0. The quantitative estimate of drug-likeness (QED) is 0.712. The minimum Gasteiger partial charge on any atom is -0.370 e. The van der Waals surface area contributed by atoms with Gasteiger partial charge >= 0.3 is 0 Å². The molecule has 0 spiro atoms. The van der Waals surface area contributed by atoms with Gasteiger partial charge in [0.2, 0.25) is 10.9 Å². The van der Waals surface area contributed by atoms with E-state index >= 15 is 0 Å². The summed E-state index contributed by atoms with van der Waals surface area (Å²) in [6.07, 6.45) is 0.868. The summed E-state index contributed by atoms with van der Waals surface area (Å²) in [5.74, 6) is 0.585. The van der Waals surface area contributed by atoms with Gasteiger partial charge in [-0.2, -0.15) is 9.61 Å². The second-order valence-corrected chi connectivity index (χ2v) is 7.17. The largest absolute Gasteiger partial charge is 0.370 e. The average Bonchev–Trinajstić information content (AvgIpc) is 3.23. The van der Waals surface area contributed by atoms with E-state index in [1.54, 1.807) is 21.5 Å². The highest BCUT2D eigenvalue weighted by Crippen LogP contribution is 2.20. The van der Waals surface area contributed by atoms with Crippen molar-refractivity contribution in [2.24, 2.45) is 0 Å². The van der Waals surface area contributed by atoms with Gasteiger partial charge in [0.15, 0.2) is 5.82 Å². The summed E-state index contributed by atoms with van der Waals surface area (Å²) in [5.41, 5.74) is 1.50. The third-order valence-electron chi connectivity index (χ3n) is 4.20. The molecule has 1 aliphatic rings. The number of ether oxygens (including phenoxy) is 1. The highest BCUT2D eigenvalue weighted by molar-refractivity contribution is 7.16. The van der Waals surface area contributed by atoms with Gasteiger partial charge in [0.1, 0.15) is 11.6 Å². The van der Waals surface area contributed by atoms with Gasteiger partial charge in [-0.05, 0) is 31.2 Å². The van der Waals surface area contributed by atoms with Crippen LogP contribution in [0, 0.1) is 6.92 Å². The predicted octanol–water partition coefficient (Wildman–Crippen LogP) is 1.43. The molecule has 27 heavy (non-hydrogen) atoms. The molecule has 4 rings (SSSR count). The number of benzene rings is 1. The monoisotopic (exact) mass is 386 g/mol. The fraction of sp³-hybridized carbons (Fsp3) is 0.353. The fourth-order valence-corrected chi connectivity index (χ4v) is 3.69. The van der Waals surface area contributed by atoms with E-state index in [2.05, 4.69) is 20.6 Å². The van der Waals surface area contributed by atoms with Crippen LogP contribution in [0.15, 0.2) is 24.3 Å². The molecule has 0 bridgehead atoms. The molecule has 3 heterocycles. The summed E-state index contributed by atoms with van der Waals surface area (Å²) in [5, 5.41) is 16.1. The first-order valence-corrected chi connectivity index (χ1v) is 9.37. The van der Waals surface area contributed by atoms with E-state index in [9.17, 15) is 9.59 Å². The van der Waals surface area contributed by atoms with E-state index in [4.69, 9.17) is 4.74 Å². The third-order valence-corrected chi connectivity index (χ3v) is 5.16. The van der Waals surface area contributed by atoms with Gasteiger partial charge in [0, 0.05) is 30.8 Å². The molecule has 0 unspecified atom stereocenters. The molecule has 1 N–H and O–H groups in total. The highest BCUT2D eigenvalue weighted by Gasteiger charge is 2.20. The second-order valence-electron chi connectivity index (χ2n) is 6.13. The minimum atomic E-state index is -0.0899. The van der Waals surface area contributed by atoms with Crippen molar-refractivity contribution in [2.75, 3.05) is 30.0 Å². The number of nitrogens with zero attached hydrogens (tertiary/aromatic N) is 5. The third kappa shape index (κ3) is 3.81. The molecule has 2 amide bonds. The standard InChI is InChI=1S/C17H18N6O3S/c1-11-19-20-17-23(11)21-15(27-17)7-6-14(24)18-12-2-4-13(5-3-12)22-8-9-26-10-16(22)25/h2-5H,6-10H2,1H3,(H,18,24). The summed E-state index contributed by atoms with van der Waals surface area (Å²) in [6.45, 7) is 3.01. The molecule has 9 nitrogen and oxygen atoms in total. The lowest BCUT2D eigenvalue weighted by Gasteiger charge is -2.26. The number of amides is 2. The molecule has 1 saturated heterocycles. The number of hydrogen-bond acceptors (Lipinski definition) is 7. The highest BCUT2D eigenvalue weighted by atomic mass is 32.1. The van der Waals surface area contributed by atoms with Crippen LogP contribution < -0.4 is 10.2 Å². The molecule has 0 atom stereocenters. The van der Waals surface area contributed by atoms with Gasteiger partial charge in [0.05, 0.1) is 6.61 Å². The van der Waals surface area contributed by atoms with E-state index in [0.717, 1.165) is 21.5 Å². The van der Waals surface area contributed by atoms with Crippen LogP contribution in [0.1, 0.15) is 17.3 Å². The number of aryl methyl sites for hydroxylation is 2. The lowest BCUT2D eigenvalue weighted by molar-refractivity contribution is -0.125. The van der Waals surface area contributed by atoms with Crippen LogP contribution in [0.4, 0.5) is 11.4 Å². The SMILES string of the molecule is Cc1nnc2sc(CCC(=O)Nc3ccc(N4CCOCC4=O)cc3)nn12. The molecule has 1 aromatic carbocycles. The number of nitrogens with one attached hydrogen (secondary N) is 1. The lowest BCUT2D eigenvalue weighted by Crippen LogP contribution is -2.41. The van der Waals surface area contributed by atoms with Crippen LogP contribution in [-0.4, -0.2) is 51.4 Å². The Morgan fingerprint density at radius 1 is 1.30 bits per heavy atom. The first kappa shape index (κ1) is 17.6. The summed E-state index contributed by atoms with van der Waals surface area (Å²) >= 11 is 1.43. The molecular formula is C17H18N6O3S. The fourth-order valence-electron chi connectivity index (χ4n) is 2.82. The van der Waals surface area contributed by atoms with Crippen molar-refractivity contribution in [2.45, 2.75) is 19.8 Å². The van der Waals surface area contributed by atoms with Gasteiger partial charge < -0.3 is 15.0 Å². The van der Waals surface area contributed by atoms with Crippen LogP contribution >= 0.6 is 11.3 Å². The van der Waals surface area contributed by atoms with Crippen LogP contribution in [-0.2, 0) is 20.7 Å². The first-order chi connectivity index (χ1) is 13.1. The van der Waals surface area contributed by atoms with E-state index < -0.39 is 0 Å². The molecule has 0 aliphatic carbocycles. The summed E-state index contributed by atoms with van der Waals surface area (Å²) in [4.78, 5) is 26.5. The number of carbonyl (C=O) groups is 2. The second kappa shape index (κ2) is 7.41. The molecule has 1 aliphatic heterocycles. The smallest absolute Gasteiger partial charge is 0.253 e. The Kier molecular flexibility index (Phi) is 4.82. The normalized spacial score (nSPS) is 14.7. The zero-order chi connectivity index (χ0) is 18.8. The molecule has 0 saturated carbocycles. The number of morpholine rings is 1. The van der Waals surface area contributed by atoms with Crippen LogP contribution in [0.25, 0.3) is 4.96 Å². The Labute approximate surface area is 159 Å². The van der Waals surface area contributed by atoms with Crippen molar-refractivity contribution < 1.29 is 14.3 Å². The molecule has 1 fully saturated rings. The maximum Gasteiger partial charge on any atom is 0.253 e. The number of fused-ring (bicyclic) bond motifs is 1. The Morgan fingerprint density at radius 2 is 2.11 bits per heavy atom. The van der Waals surface area contributed by atoms with Crippen LogP contribution in [0.2, 0.25) is 0 Å². The Bertz CT molecular complexity index is 980. The van der Waals surface area contributed by atoms with Crippen LogP contribution in [0.3, 0.4) is 0 Å². The van der Waals surface area contributed by atoms with Gasteiger partial charge in [0.25, 0.3) is 5.91 Å². The number of carbonyl (C=O) groups excluding carboxylic acids is 2. The zero-order valence-electron chi connectivity index (χ0n) is 14.7. The van der Waals surface area contributed by atoms with Crippen LogP contribution in [0.5, 0.6) is 0 Å². The maximum atomic E-state index is 12.2. The van der Waals surface area contributed by atoms with E-state index in [0.29, 0.717) is 31.7 Å². The number of hydrogen-bond donors (Lipinski definition) is 1. The Morgan fingerprint density at radius 3 is 2.85 bits per heavy atom. The van der Waals surface area contributed by atoms with Crippen molar-refractivity contribution in [3.8, 4) is 0 Å². The Balaban J connectivity index is 1.33. The molecule has 140 valence electrons. The van der Waals surface area contributed by atoms with E-state index in [-0.39, 0.29) is 18.4 Å². The number of aromatic nitrogens is 4. The van der Waals surface area contributed by atoms with Crippen molar-refractivity contribution in [3.63, 3.8) is 0 Å². The zero-order valence-corrected chi connectivity index (χ0v) is 15.5.